The Bertz CT molecular complexity index is 250. The minimum atomic E-state index is -0.191. The molecule has 0 saturated carbocycles. The normalized spacial score (nSPS) is 9.08. The van der Waals surface area contributed by atoms with Crippen LogP contribution in [0.4, 0.5) is 4.79 Å². The second-order valence-electron chi connectivity index (χ2n) is 2.10. The first-order valence-corrected chi connectivity index (χ1v) is 4.34. The number of urea groups is 1. The Balaban J connectivity index is 2.38. The zero-order valence-electron chi connectivity index (χ0n) is 6.70. The van der Waals surface area contributed by atoms with Crippen molar-refractivity contribution in [2.45, 2.75) is 4.90 Å². The van der Waals surface area contributed by atoms with Gasteiger partial charge in [0.2, 0.25) is 0 Å². The first kappa shape index (κ1) is 8.93. The van der Waals surface area contributed by atoms with Crippen LogP contribution in [-0.4, -0.2) is 13.1 Å². The zero-order valence-corrected chi connectivity index (χ0v) is 7.52. The maximum absolute atomic E-state index is 10.7. The van der Waals surface area contributed by atoms with Gasteiger partial charge in [0.1, 0.15) is 0 Å². The van der Waals surface area contributed by atoms with Crippen LogP contribution < -0.4 is 10.0 Å². The highest BCUT2D eigenvalue weighted by molar-refractivity contribution is 7.98. The Morgan fingerprint density at radius 1 is 1.33 bits per heavy atom. The number of nitrogens with one attached hydrogen (secondary N) is 2. The first-order valence-electron chi connectivity index (χ1n) is 3.52. The second kappa shape index (κ2) is 4.66. The fraction of sp³-hybridized carbons (Fsp3) is 0.125. The highest BCUT2D eigenvalue weighted by Gasteiger charge is 1.95. The maximum Gasteiger partial charge on any atom is 0.324 e. The van der Waals surface area contributed by atoms with Gasteiger partial charge in [0, 0.05) is 11.9 Å². The van der Waals surface area contributed by atoms with Crippen molar-refractivity contribution in [1.82, 2.24) is 10.0 Å². The third kappa shape index (κ3) is 2.84. The second-order valence-corrected chi connectivity index (χ2v) is 2.98. The molecule has 0 aromatic heterocycles. The van der Waals surface area contributed by atoms with E-state index in [9.17, 15) is 4.79 Å². The Labute approximate surface area is 75.7 Å². The molecule has 0 radical (unpaired) electrons. The molecule has 3 nitrogen and oxygen atoms in total. The average molecular weight is 182 g/mol. The Kier molecular flexibility index (Phi) is 3.47. The number of hydrogen-bond acceptors (Lipinski definition) is 2. The first-order chi connectivity index (χ1) is 5.83. The number of benzene rings is 1. The number of carbonyl (C=O) groups excluding carboxylic acids is 1. The average Bonchev–Trinajstić information content (AvgIpc) is 2.16. The molecule has 0 aliphatic heterocycles. The SMILES string of the molecule is CNC(=O)NSc1ccccc1. The fourth-order valence-electron chi connectivity index (χ4n) is 0.645. The molecule has 4 heteroatoms. The van der Waals surface area contributed by atoms with E-state index in [4.69, 9.17) is 0 Å². The molecule has 0 atom stereocenters. The lowest BCUT2D eigenvalue weighted by Gasteiger charge is -2.01. The molecular formula is C8H10N2OS. The molecule has 0 aliphatic carbocycles. The third-order valence-electron chi connectivity index (χ3n) is 1.23. The highest BCUT2D eigenvalue weighted by Crippen LogP contribution is 2.12. The van der Waals surface area contributed by atoms with Crippen molar-refractivity contribution >= 4 is 18.0 Å². The monoisotopic (exact) mass is 182 g/mol. The number of carbonyl (C=O) groups is 1. The number of rotatable bonds is 2. The quantitative estimate of drug-likeness (QED) is 0.682. The van der Waals surface area contributed by atoms with Crippen LogP contribution in [0.1, 0.15) is 0 Å². The van der Waals surface area contributed by atoms with Crippen molar-refractivity contribution in [3.8, 4) is 0 Å². The van der Waals surface area contributed by atoms with Crippen LogP contribution in [0, 0.1) is 0 Å². The lowest BCUT2D eigenvalue weighted by Crippen LogP contribution is -2.27. The summed E-state index contributed by atoms with van der Waals surface area (Å²) in [5.74, 6) is 0. The van der Waals surface area contributed by atoms with E-state index < -0.39 is 0 Å². The Hall–Kier alpha value is -1.16. The van der Waals surface area contributed by atoms with Crippen molar-refractivity contribution in [3.63, 3.8) is 0 Å². The highest BCUT2D eigenvalue weighted by atomic mass is 32.2. The Morgan fingerprint density at radius 3 is 2.58 bits per heavy atom. The van der Waals surface area contributed by atoms with Crippen molar-refractivity contribution in [2.75, 3.05) is 7.05 Å². The standard InChI is InChI=1S/C8H10N2OS/c1-9-8(11)10-12-7-5-3-2-4-6-7/h2-6H,1H3,(H2,9,10,11). The van der Waals surface area contributed by atoms with Gasteiger partial charge in [-0.2, -0.15) is 0 Å². The van der Waals surface area contributed by atoms with Gasteiger partial charge in [-0.15, -0.1) is 0 Å². The predicted molar refractivity (Wildman–Crippen MR) is 49.9 cm³/mol. The third-order valence-corrected chi connectivity index (χ3v) is 2.03. The minimum absolute atomic E-state index is 0.191. The van der Waals surface area contributed by atoms with Gasteiger partial charge >= 0.3 is 6.03 Å². The fourth-order valence-corrected chi connectivity index (χ4v) is 1.25. The van der Waals surface area contributed by atoms with Crippen LogP contribution in [-0.2, 0) is 0 Å². The van der Waals surface area contributed by atoms with Crippen LogP contribution in [0.5, 0.6) is 0 Å². The summed E-state index contributed by atoms with van der Waals surface area (Å²) in [4.78, 5) is 11.8. The van der Waals surface area contributed by atoms with Crippen molar-refractivity contribution in [1.29, 1.82) is 0 Å². The molecule has 64 valence electrons. The zero-order chi connectivity index (χ0) is 8.81. The van der Waals surface area contributed by atoms with E-state index in [1.165, 1.54) is 11.9 Å². The van der Waals surface area contributed by atoms with Gasteiger partial charge in [-0.05, 0) is 24.1 Å². The summed E-state index contributed by atoms with van der Waals surface area (Å²) >= 11 is 1.29. The molecule has 1 rings (SSSR count). The van der Waals surface area contributed by atoms with Crippen LogP contribution >= 0.6 is 11.9 Å². The van der Waals surface area contributed by atoms with E-state index in [2.05, 4.69) is 10.0 Å². The van der Waals surface area contributed by atoms with E-state index in [0.29, 0.717) is 0 Å². The summed E-state index contributed by atoms with van der Waals surface area (Å²) in [7, 11) is 1.58. The van der Waals surface area contributed by atoms with E-state index >= 15 is 0 Å². The van der Waals surface area contributed by atoms with Gasteiger partial charge in [0.05, 0.1) is 0 Å². The summed E-state index contributed by atoms with van der Waals surface area (Å²) in [5, 5.41) is 2.46. The molecule has 0 unspecified atom stereocenters. The number of hydrogen-bond donors (Lipinski definition) is 2. The molecule has 12 heavy (non-hydrogen) atoms. The van der Waals surface area contributed by atoms with Crippen molar-refractivity contribution < 1.29 is 4.79 Å². The molecule has 0 fully saturated rings. The van der Waals surface area contributed by atoms with Gasteiger partial charge in [-0.3, -0.25) is 4.72 Å². The molecule has 0 spiro atoms. The lowest BCUT2D eigenvalue weighted by atomic mass is 10.4. The molecule has 2 amide bonds. The van der Waals surface area contributed by atoms with Crippen LogP contribution in [0.3, 0.4) is 0 Å². The van der Waals surface area contributed by atoms with Crippen molar-refractivity contribution in [2.24, 2.45) is 0 Å². The van der Waals surface area contributed by atoms with Crippen LogP contribution in [0.25, 0.3) is 0 Å². The van der Waals surface area contributed by atoms with Gasteiger partial charge in [0.15, 0.2) is 0 Å². The molecule has 1 aromatic rings. The summed E-state index contributed by atoms with van der Waals surface area (Å²) in [6.45, 7) is 0. The van der Waals surface area contributed by atoms with Gasteiger partial charge in [-0.25, -0.2) is 4.79 Å². The molecule has 0 heterocycles. The van der Waals surface area contributed by atoms with Crippen molar-refractivity contribution in [3.05, 3.63) is 30.3 Å². The molecule has 1 aromatic carbocycles. The molecule has 0 aliphatic rings. The van der Waals surface area contributed by atoms with Gasteiger partial charge in [0.25, 0.3) is 0 Å². The number of amides is 2. The summed E-state index contributed by atoms with van der Waals surface area (Å²) in [5.41, 5.74) is 0. The maximum atomic E-state index is 10.7. The lowest BCUT2D eigenvalue weighted by molar-refractivity contribution is 0.248. The van der Waals surface area contributed by atoms with E-state index in [1.54, 1.807) is 7.05 Å². The molecule has 0 bridgehead atoms. The minimum Gasteiger partial charge on any atom is -0.341 e. The van der Waals surface area contributed by atoms with E-state index in [1.807, 2.05) is 30.3 Å². The Morgan fingerprint density at radius 2 is 2.00 bits per heavy atom. The van der Waals surface area contributed by atoms with Crippen LogP contribution in [0.15, 0.2) is 35.2 Å². The largest absolute Gasteiger partial charge is 0.341 e. The molecule has 2 N–H and O–H groups in total. The van der Waals surface area contributed by atoms with Gasteiger partial charge in [-0.1, -0.05) is 18.2 Å². The van der Waals surface area contributed by atoms with Gasteiger partial charge < -0.3 is 5.32 Å². The van der Waals surface area contributed by atoms with Crippen LogP contribution in [0.2, 0.25) is 0 Å². The van der Waals surface area contributed by atoms with E-state index in [-0.39, 0.29) is 6.03 Å². The molecule has 0 saturated heterocycles. The van der Waals surface area contributed by atoms with E-state index in [0.717, 1.165) is 4.90 Å². The smallest absolute Gasteiger partial charge is 0.324 e. The predicted octanol–water partition coefficient (Wildman–Crippen LogP) is 1.62. The summed E-state index contributed by atoms with van der Waals surface area (Å²) in [6.07, 6.45) is 0. The summed E-state index contributed by atoms with van der Waals surface area (Å²) in [6, 6.07) is 9.45. The summed E-state index contributed by atoms with van der Waals surface area (Å²) < 4.78 is 2.62. The topological polar surface area (TPSA) is 41.1 Å². The molecular weight excluding hydrogens is 172 g/mol.